The summed E-state index contributed by atoms with van der Waals surface area (Å²) in [4.78, 5) is 10.8. The molecule has 0 amide bonds. The Morgan fingerprint density at radius 2 is 1.81 bits per heavy atom. The summed E-state index contributed by atoms with van der Waals surface area (Å²) >= 11 is 0. The molecule has 3 nitrogen and oxygen atoms in total. The van der Waals surface area contributed by atoms with Gasteiger partial charge in [-0.05, 0) is 47.7 Å². The van der Waals surface area contributed by atoms with E-state index in [2.05, 4.69) is 26.0 Å². The van der Waals surface area contributed by atoms with Gasteiger partial charge in [0.05, 0.1) is 5.56 Å². The van der Waals surface area contributed by atoms with Crippen molar-refractivity contribution in [2.24, 2.45) is 0 Å². The average Bonchev–Trinajstić information content (AvgIpc) is 2.45. The van der Waals surface area contributed by atoms with Gasteiger partial charge in [0.25, 0.3) is 0 Å². The van der Waals surface area contributed by atoms with Crippen molar-refractivity contribution in [3.05, 3.63) is 64.7 Å². The number of carbonyl (C=O) groups is 1. The summed E-state index contributed by atoms with van der Waals surface area (Å²) in [6.07, 6.45) is 0. The maximum absolute atomic E-state index is 10.8. The molecule has 0 saturated carbocycles. The Kier molecular flexibility index (Phi) is 4.63. The van der Waals surface area contributed by atoms with Crippen LogP contribution in [0.3, 0.4) is 0 Å². The van der Waals surface area contributed by atoms with Crippen molar-refractivity contribution >= 4 is 5.97 Å². The van der Waals surface area contributed by atoms with Crippen molar-refractivity contribution in [2.75, 3.05) is 0 Å². The minimum atomic E-state index is -0.914. The molecule has 3 heteroatoms. The van der Waals surface area contributed by atoms with E-state index < -0.39 is 5.97 Å². The maximum Gasteiger partial charge on any atom is 0.335 e. The lowest BCUT2D eigenvalue weighted by Crippen LogP contribution is -2.01. The zero-order chi connectivity index (χ0) is 15.4. The van der Waals surface area contributed by atoms with Gasteiger partial charge in [-0.1, -0.05) is 38.1 Å². The lowest BCUT2D eigenvalue weighted by molar-refractivity contribution is 0.0697. The van der Waals surface area contributed by atoms with Crippen molar-refractivity contribution in [1.29, 1.82) is 0 Å². The van der Waals surface area contributed by atoms with Gasteiger partial charge in [-0.15, -0.1) is 0 Å². The fourth-order valence-corrected chi connectivity index (χ4v) is 2.15. The second-order valence-corrected chi connectivity index (χ2v) is 5.49. The Morgan fingerprint density at radius 1 is 1.14 bits per heavy atom. The van der Waals surface area contributed by atoms with E-state index in [-0.39, 0.29) is 5.56 Å². The molecule has 0 aromatic heterocycles. The van der Waals surface area contributed by atoms with Crippen LogP contribution in [0.15, 0.2) is 42.5 Å². The molecular weight excluding hydrogens is 264 g/mol. The first-order valence-electron chi connectivity index (χ1n) is 7.03. The molecule has 0 atom stereocenters. The molecule has 2 aromatic carbocycles. The van der Waals surface area contributed by atoms with Gasteiger partial charge in [0.2, 0.25) is 0 Å². The van der Waals surface area contributed by atoms with Crippen LogP contribution < -0.4 is 4.74 Å². The number of carboxylic acid groups (broad SMARTS) is 1. The lowest BCUT2D eigenvalue weighted by atomic mass is 10.0. The van der Waals surface area contributed by atoms with Crippen LogP contribution in [0.1, 0.15) is 46.8 Å². The minimum Gasteiger partial charge on any atom is -0.489 e. The van der Waals surface area contributed by atoms with E-state index in [1.54, 1.807) is 24.3 Å². The summed E-state index contributed by atoms with van der Waals surface area (Å²) in [5.41, 5.74) is 3.59. The van der Waals surface area contributed by atoms with Crippen LogP contribution in [0, 0.1) is 6.92 Å². The van der Waals surface area contributed by atoms with E-state index in [0.717, 1.165) is 16.9 Å². The van der Waals surface area contributed by atoms with Crippen LogP contribution in [0.5, 0.6) is 5.75 Å². The van der Waals surface area contributed by atoms with Crippen LogP contribution in [-0.2, 0) is 6.61 Å². The van der Waals surface area contributed by atoms with E-state index in [9.17, 15) is 4.79 Å². The quantitative estimate of drug-likeness (QED) is 0.885. The summed E-state index contributed by atoms with van der Waals surface area (Å²) in [5, 5.41) is 8.88. The Morgan fingerprint density at radius 3 is 2.38 bits per heavy atom. The molecule has 0 bridgehead atoms. The zero-order valence-electron chi connectivity index (χ0n) is 12.6. The zero-order valence-corrected chi connectivity index (χ0v) is 12.6. The van der Waals surface area contributed by atoms with Crippen LogP contribution >= 0.6 is 0 Å². The van der Waals surface area contributed by atoms with Gasteiger partial charge in [-0.25, -0.2) is 4.79 Å². The van der Waals surface area contributed by atoms with Crippen molar-refractivity contribution in [3.63, 3.8) is 0 Å². The number of benzene rings is 2. The van der Waals surface area contributed by atoms with Crippen LogP contribution in [0.4, 0.5) is 0 Å². The minimum absolute atomic E-state index is 0.289. The highest BCUT2D eigenvalue weighted by molar-refractivity contribution is 5.87. The van der Waals surface area contributed by atoms with E-state index in [4.69, 9.17) is 9.84 Å². The number of carboxylic acids is 1. The highest BCUT2D eigenvalue weighted by Gasteiger charge is 2.08. The highest BCUT2D eigenvalue weighted by Crippen LogP contribution is 2.28. The number of aromatic carboxylic acids is 1. The molecule has 0 aliphatic carbocycles. The van der Waals surface area contributed by atoms with E-state index in [1.165, 1.54) is 5.56 Å². The van der Waals surface area contributed by atoms with Crippen LogP contribution in [0.25, 0.3) is 0 Å². The monoisotopic (exact) mass is 284 g/mol. The SMILES string of the molecule is Cc1ccc(C(C)C)c(OCc2ccc(C(=O)O)cc2)c1. The predicted octanol–water partition coefficient (Wildman–Crippen LogP) is 4.40. The van der Waals surface area contributed by atoms with Crippen molar-refractivity contribution in [1.82, 2.24) is 0 Å². The maximum atomic E-state index is 10.8. The Bertz CT molecular complexity index is 627. The lowest BCUT2D eigenvalue weighted by Gasteiger charge is -2.15. The fourth-order valence-electron chi connectivity index (χ4n) is 2.15. The standard InChI is InChI=1S/C18H20O3/c1-12(2)16-9-4-13(3)10-17(16)21-11-14-5-7-15(8-6-14)18(19)20/h4-10,12H,11H2,1-3H3,(H,19,20). The molecule has 2 aromatic rings. The largest absolute Gasteiger partial charge is 0.489 e. The molecule has 0 unspecified atom stereocenters. The smallest absolute Gasteiger partial charge is 0.335 e. The fraction of sp³-hybridized carbons (Fsp3) is 0.278. The molecule has 0 saturated heterocycles. The Hall–Kier alpha value is -2.29. The predicted molar refractivity (Wildman–Crippen MR) is 83.0 cm³/mol. The van der Waals surface area contributed by atoms with Crippen LogP contribution in [0.2, 0.25) is 0 Å². The Balaban J connectivity index is 2.12. The van der Waals surface area contributed by atoms with Crippen LogP contribution in [-0.4, -0.2) is 11.1 Å². The molecular formula is C18H20O3. The molecule has 0 heterocycles. The first-order chi connectivity index (χ1) is 9.97. The molecule has 0 spiro atoms. The Labute approximate surface area is 125 Å². The summed E-state index contributed by atoms with van der Waals surface area (Å²) in [6.45, 7) is 6.75. The van der Waals surface area contributed by atoms with E-state index >= 15 is 0 Å². The summed E-state index contributed by atoms with van der Waals surface area (Å²) in [6, 6.07) is 13.0. The number of aryl methyl sites for hydroxylation is 1. The molecule has 2 rings (SSSR count). The number of rotatable bonds is 5. The molecule has 0 radical (unpaired) electrons. The third-order valence-corrected chi connectivity index (χ3v) is 3.39. The first-order valence-corrected chi connectivity index (χ1v) is 7.03. The third kappa shape index (κ3) is 3.85. The average molecular weight is 284 g/mol. The van der Waals surface area contributed by atoms with Crippen molar-refractivity contribution in [2.45, 2.75) is 33.3 Å². The normalized spacial score (nSPS) is 10.7. The molecule has 1 N–H and O–H groups in total. The van der Waals surface area contributed by atoms with Gasteiger partial charge in [0, 0.05) is 0 Å². The molecule has 21 heavy (non-hydrogen) atoms. The van der Waals surface area contributed by atoms with Gasteiger partial charge in [-0.2, -0.15) is 0 Å². The molecule has 0 aliphatic rings. The second kappa shape index (κ2) is 6.44. The van der Waals surface area contributed by atoms with Crippen molar-refractivity contribution < 1.29 is 14.6 Å². The third-order valence-electron chi connectivity index (χ3n) is 3.39. The second-order valence-electron chi connectivity index (χ2n) is 5.49. The van der Waals surface area contributed by atoms with Gasteiger partial charge in [0.15, 0.2) is 0 Å². The number of hydrogen-bond donors (Lipinski definition) is 1. The van der Waals surface area contributed by atoms with E-state index in [0.29, 0.717) is 12.5 Å². The number of ether oxygens (including phenoxy) is 1. The molecule has 0 fully saturated rings. The molecule has 110 valence electrons. The van der Waals surface area contributed by atoms with Gasteiger partial charge in [0.1, 0.15) is 12.4 Å². The summed E-state index contributed by atoms with van der Waals surface area (Å²) in [5.74, 6) is 0.380. The summed E-state index contributed by atoms with van der Waals surface area (Å²) < 4.78 is 5.92. The summed E-state index contributed by atoms with van der Waals surface area (Å²) in [7, 11) is 0. The molecule has 0 aliphatic heterocycles. The van der Waals surface area contributed by atoms with Gasteiger partial charge < -0.3 is 9.84 Å². The first kappa shape index (κ1) is 15.1. The van der Waals surface area contributed by atoms with Crippen molar-refractivity contribution in [3.8, 4) is 5.75 Å². The van der Waals surface area contributed by atoms with Gasteiger partial charge in [-0.3, -0.25) is 0 Å². The van der Waals surface area contributed by atoms with E-state index in [1.807, 2.05) is 13.0 Å². The van der Waals surface area contributed by atoms with Gasteiger partial charge >= 0.3 is 5.97 Å². The highest BCUT2D eigenvalue weighted by atomic mass is 16.5. The topological polar surface area (TPSA) is 46.5 Å². The number of hydrogen-bond acceptors (Lipinski definition) is 2.